The van der Waals surface area contributed by atoms with Crippen LogP contribution in [0, 0.1) is 17.8 Å². The molecule has 0 aromatic heterocycles. The summed E-state index contributed by atoms with van der Waals surface area (Å²) in [5.74, 6) is 1.78. The number of carbonyl (C=O) groups is 1. The lowest BCUT2D eigenvalue weighted by Crippen LogP contribution is -2.49. The molecule has 5 rings (SSSR count). The fourth-order valence-electron chi connectivity index (χ4n) is 5.29. The van der Waals surface area contributed by atoms with Crippen molar-refractivity contribution in [1.29, 1.82) is 0 Å². The Kier molecular flexibility index (Phi) is 4.78. The van der Waals surface area contributed by atoms with Crippen LogP contribution < -0.4 is 15.8 Å². The van der Waals surface area contributed by atoms with Crippen LogP contribution in [0.25, 0.3) is 0 Å². The number of alkyl halides is 1. The lowest BCUT2D eigenvalue weighted by Gasteiger charge is -2.30. The molecule has 2 saturated heterocycles. The number of nitrogens with zero attached hydrogens (tertiary/aromatic N) is 1. The van der Waals surface area contributed by atoms with E-state index in [4.69, 9.17) is 26.8 Å². The van der Waals surface area contributed by atoms with Gasteiger partial charge >= 0.3 is 0 Å². The molecule has 7 heteroatoms. The first-order chi connectivity index (χ1) is 13.6. The van der Waals surface area contributed by atoms with E-state index in [0.29, 0.717) is 30.6 Å². The summed E-state index contributed by atoms with van der Waals surface area (Å²) in [6.07, 6.45) is 2.90. The Bertz CT molecular complexity index is 769. The number of nitrogens with one attached hydrogen (secondary N) is 1. The number of ether oxygens (including phenoxy) is 2. The van der Waals surface area contributed by atoms with Gasteiger partial charge < -0.3 is 20.5 Å². The standard InChI is InChI=1S/C21H28ClN3O3/c22-21-16(17(21)11-25(20(21)23)10-13-6-8-27-12-13)9-24-19(26)15-5-1-3-14-4-2-7-28-18(14)15/h1,3,5,13,16-17,20H,2,4,6-12,23H2,(H,24,26). The van der Waals surface area contributed by atoms with Gasteiger partial charge in [0.25, 0.3) is 5.91 Å². The van der Waals surface area contributed by atoms with Crippen molar-refractivity contribution in [3.8, 4) is 5.75 Å². The minimum Gasteiger partial charge on any atom is -0.492 e. The molecule has 152 valence electrons. The summed E-state index contributed by atoms with van der Waals surface area (Å²) in [5, 5.41) is 3.08. The fourth-order valence-corrected chi connectivity index (χ4v) is 5.81. The average Bonchev–Trinajstić information content (AvgIpc) is 3.03. The number of benzene rings is 1. The van der Waals surface area contributed by atoms with E-state index in [9.17, 15) is 4.79 Å². The molecule has 1 aromatic rings. The number of fused-ring (bicyclic) bond motifs is 2. The number of piperidine rings is 1. The zero-order valence-corrected chi connectivity index (χ0v) is 16.8. The van der Waals surface area contributed by atoms with Gasteiger partial charge in [-0.1, -0.05) is 12.1 Å². The maximum Gasteiger partial charge on any atom is 0.255 e. The van der Waals surface area contributed by atoms with Crippen molar-refractivity contribution >= 4 is 17.5 Å². The topological polar surface area (TPSA) is 76.8 Å². The number of amides is 1. The molecule has 3 fully saturated rings. The molecule has 3 heterocycles. The molecule has 1 saturated carbocycles. The predicted octanol–water partition coefficient (Wildman–Crippen LogP) is 1.60. The van der Waals surface area contributed by atoms with Gasteiger partial charge in [0.05, 0.1) is 29.8 Å². The van der Waals surface area contributed by atoms with E-state index in [1.165, 1.54) is 0 Å². The van der Waals surface area contributed by atoms with Gasteiger partial charge in [-0.3, -0.25) is 9.69 Å². The third kappa shape index (κ3) is 3.02. The van der Waals surface area contributed by atoms with Crippen LogP contribution in [-0.2, 0) is 11.2 Å². The molecule has 3 aliphatic heterocycles. The van der Waals surface area contributed by atoms with Crippen LogP contribution in [-0.4, -0.2) is 61.3 Å². The number of hydrogen-bond donors (Lipinski definition) is 2. The zero-order valence-electron chi connectivity index (χ0n) is 16.0. The number of nitrogens with two attached hydrogens (primary N) is 1. The summed E-state index contributed by atoms with van der Waals surface area (Å²) in [6, 6.07) is 5.80. The zero-order chi connectivity index (χ0) is 19.3. The van der Waals surface area contributed by atoms with Crippen molar-refractivity contribution in [3.05, 3.63) is 29.3 Å². The third-order valence-corrected chi connectivity index (χ3v) is 7.75. The third-order valence-electron chi connectivity index (χ3n) is 6.97. The molecule has 0 spiro atoms. The van der Waals surface area contributed by atoms with Crippen LogP contribution in [0.3, 0.4) is 0 Å². The molecule has 1 aromatic carbocycles. The second-order valence-electron chi connectivity index (χ2n) is 8.62. The molecule has 0 bridgehead atoms. The Morgan fingerprint density at radius 2 is 2.29 bits per heavy atom. The smallest absolute Gasteiger partial charge is 0.255 e. The van der Waals surface area contributed by atoms with Crippen LogP contribution in [0.2, 0.25) is 0 Å². The Hall–Kier alpha value is -1.34. The summed E-state index contributed by atoms with van der Waals surface area (Å²) in [7, 11) is 0. The first-order valence-corrected chi connectivity index (χ1v) is 10.8. The SMILES string of the molecule is NC1N(CC2CCOC2)CC2C(CNC(=O)c3cccc4c3OCCC4)C21Cl. The molecule has 6 nitrogen and oxygen atoms in total. The number of para-hydroxylation sites is 1. The number of rotatable bonds is 5. The van der Waals surface area contributed by atoms with Gasteiger partial charge in [-0.2, -0.15) is 0 Å². The maximum absolute atomic E-state index is 12.8. The summed E-state index contributed by atoms with van der Waals surface area (Å²) < 4.78 is 11.2. The largest absolute Gasteiger partial charge is 0.492 e. The first-order valence-electron chi connectivity index (χ1n) is 10.4. The van der Waals surface area contributed by atoms with Crippen LogP contribution in [0.4, 0.5) is 0 Å². The molecule has 1 aliphatic carbocycles. The van der Waals surface area contributed by atoms with Crippen molar-refractivity contribution in [2.75, 3.05) is 39.5 Å². The minimum absolute atomic E-state index is 0.0856. The van der Waals surface area contributed by atoms with Crippen molar-refractivity contribution in [2.45, 2.75) is 30.3 Å². The number of aryl methyl sites for hydroxylation is 1. The molecule has 4 aliphatic rings. The Balaban J connectivity index is 1.18. The number of halogens is 1. The fraction of sp³-hybridized carbons (Fsp3) is 0.667. The second-order valence-corrected chi connectivity index (χ2v) is 9.28. The van der Waals surface area contributed by atoms with Gasteiger partial charge in [0.15, 0.2) is 0 Å². The van der Waals surface area contributed by atoms with Crippen LogP contribution in [0.5, 0.6) is 5.75 Å². The van der Waals surface area contributed by atoms with Crippen molar-refractivity contribution in [3.63, 3.8) is 0 Å². The summed E-state index contributed by atoms with van der Waals surface area (Å²) in [6.45, 7) is 4.77. The lowest BCUT2D eigenvalue weighted by atomic mass is 10.0. The first kappa shape index (κ1) is 18.7. The number of likely N-dealkylation sites (tertiary alicyclic amines) is 1. The summed E-state index contributed by atoms with van der Waals surface area (Å²) >= 11 is 6.91. The highest BCUT2D eigenvalue weighted by atomic mass is 35.5. The van der Waals surface area contributed by atoms with E-state index in [0.717, 1.165) is 56.9 Å². The maximum atomic E-state index is 12.8. The normalized spacial score (nSPS) is 36.5. The van der Waals surface area contributed by atoms with Gasteiger partial charge in [0, 0.05) is 38.1 Å². The van der Waals surface area contributed by atoms with Crippen LogP contribution >= 0.6 is 11.6 Å². The molecular formula is C21H28ClN3O3. The quantitative estimate of drug-likeness (QED) is 0.728. The van der Waals surface area contributed by atoms with Crippen molar-refractivity contribution in [2.24, 2.45) is 23.5 Å². The molecule has 5 unspecified atom stereocenters. The molecule has 1 amide bonds. The Morgan fingerprint density at radius 3 is 3.04 bits per heavy atom. The molecule has 5 atom stereocenters. The molecule has 0 radical (unpaired) electrons. The Morgan fingerprint density at radius 1 is 1.39 bits per heavy atom. The highest BCUT2D eigenvalue weighted by molar-refractivity contribution is 6.27. The summed E-state index contributed by atoms with van der Waals surface area (Å²) in [5.41, 5.74) is 8.24. The van der Waals surface area contributed by atoms with E-state index in [-0.39, 0.29) is 18.0 Å². The Labute approximate surface area is 170 Å². The van der Waals surface area contributed by atoms with Crippen molar-refractivity contribution < 1.29 is 14.3 Å². The van der Waals surface area contributed by atoms with Crippen LogP contribution in [0.1, 0.15) is 28.8 Å². The molecular weight excluding hydrogens is 378 g/mol. The van der Waals surface area contributed by atoms with Gasteiger partial charge in [0.1, 0.15) is 5.75 Å². The number of carbonyl (C=O) groups excluding carboxylic acids is 1. The average molecular weight is 406 g/mol. The van der Waals surface area contributed by atoms with E-state index >= 15 is 0 Å². The van der Waals surface area contributed by atoms with Crippen molar-refractivity contribution in [1.82, 2.24) is 10.2 Å². The van der Waals surface area contributed by atoms with Crippen LogP contribution in [0.15, 0.2) is 18.2 Å². The van der Waals surface area contributed by atoms with Gasteiger partial charge in [-0.05, 0) is 36.8 Å². The summed E-state index contributed by atoms with van der Waals surface area (Å²) in [4.78, 5) is 14.6. The van der Waals surface area contributed by atoms with Gasteiger partial charge in [-0.25, -0.2) is 0 Å². The van der Waals surface area contributed by atoms with E-state index in [2.05, 4.69) is 10.2 Å². The van der Waals surface area contributed by atoms with Gasteiger partial charge in [-0.15, -0.1) is 11.6 Å². The van der Waals surface area contributed by atoms with E-state index < -0.39 is 4.87 Å². The second kappa shape index (κ2) is 7.17. The molecule has 28 heavy (non-hydrogen) atoms. The number of hydrogen-bond acceptors (Lipinski definition) is 5. The lowest BCUT2D eigenvalue weighted by molar-refractivity contribution is 0.0941. The van der Waals surface area contributed by atoms with E-state index in [1.54, 1.807) is 0 Å². The minimum atomic E-state index is -0.417. The highest BCUT2D eigenvalue weighted by Gasteiger charge is 2.72. The van der Waals surface area contributed by atoms with E-state index in [1.807, 2.05) is 18.2 Å². The van der Waals surface area contributed by atoms with Gasteiger partial charge in [0.2, 0.25) is 0 Å². The highest BCUT2D eigenvalue weighted by Crippen LogP contribution is 2.62. The monoisotopic (exact) mass is 405 g/mol. The molecule has 3 N–H and O–H groups in total. The predicted molar refractivity (Wildman–Crippen MR) is 107 cm³/mol.